The van der Waals surface area contributed by atoms with Crippen LogP contribution in [0.3, 0.4) is 0 Å². The second kappa shape index (κ2) is 8.31. The molecule has 0 spiro atoms. The molecule has 0 aromatic heterocycles. The standard InChI is InChI=1S/C17H29N/c1-5-6-7-8-9-10-18-13-17-15(3)11-14(2)12-16(17)4/h11-12,18H,5-10,13H2,1-4H3. The van der Waals surface area contributed by atoms with Crippen LogP contribution in [0, 0.1) is 20.8 Å². The first-order valence-corrected chi connectivity index (χ1v) is 7.42. The summed E-state index contributed by atoms with van der Waals surface area (Å²) in [6.45, 7) is 11.0. The van der Waals surface area contributed by atoms with E-state index >= 15 is 0 Å². The second-order valence-corrected chi connectivity index (χ2v) is 5.47. The van der Waals surface area contributed by atoms with E-state index in [2.05, 4.69) is 45.1 Å². The van der Waals surface area contributed by atoms with Crippen LogP contribution in [-0.2, 0) is 6.54 Å². The Kier molecular flexibility index (Phi) is 7.04. The van der Waals surface area contributed by atoms with Crippen molar-refractivity contribution in [2.24, 2.45) is 0 Å². The Morgan fingerprint density at radius 3 is 2.11 bits per heavy atom. The molecular weight excluding hydrogens is 218 g/mol. The van der Waals surface area contributed by atoms with Crippen molar-refractivity contribution in [2.45, 2.75) is 66.3 Å². The van der Waals surface area contributed by atoms with E-state index in [0.29, 0.717) is 0 Å². The lowest BCUT2D eigenvalue weighted by Crippen LogP contribution is -2.16. The molecule has 1 aromatic rings. The third-order valence-corrected chi connectivity index (χ3v) is 3.60. The minimum atomic E-state index is 1.02. The van der Waals surface area contributed by atoms with Gasteiger partial charge in [-0.25, -0.2) is 0 Å². The van der Waals surface area contributed by atoms with E-state index in [1.54, 1.807) is 0 Å². The van der Waals surface area contributed by atoms with Gasteiger partial charge in [-0.05, 0) is 50.4 Å². The number of hydrogen-bond donors (Lipinski definition) is 1. The van der Waals surface area contributed by atoms with Gasteiger partial charge in [-0.15, -0.1) is 0 Å². The largest absolute Gasteiger partial charge is 0.313 e. The Hall–Kier alpha value is -0.820. The highest BCUT2D eigenvalue weighted by Gasteiger charge is 2.02. The maximum absolute atomic E-state index is 3.58. The smallest absolute Gasteiger partial charge is 0.0210 e. The molecule has 0 amide bonds. The summed E-state index contributed by atoms with van der Waals surface area (Å²) in [5.41, 5.74) is 5.69. The molecule has 0 heterocycles. The molecule has 1 nitrogen and oxygen atoms in total. The molecule has 0 radical (unpaired) electrons. The summed E-state index contributed by atoms with van der Waals surface area (Å²) in [6.07, 6.45) is 6.78. The van der Waals surface area contributed by atoms with Gasteiger partial charge in [-0.3, -0.25) is 0 Å². The van der Waals surface area contributed by atoms with Crippen LogP contribution >= 0.6 is 0 Å². The van der Waals surface area contributed by atoms with Gasteiger partial charge in [0, 0.05) is 6.54 Å². The van der Waals surface area contributed by atoms with Crippen LogP contribution in [0.4, 0.5) is 0 Å². The molecule has 0 aliphatic carbocycles. The van der Waals surface area contributed by atoms with Gasteiger partial charge in [0.25, 0.3) is 0 Å². The summed E-state index contributed by atoms with van der Waals surface area (Å²) in [5, 5.41) is 3.58. The molecule has 0 aliphatic rings. The average Bonchev–Trinajstić information content (AvgIpc) is 2.30. The molecule has 0 saturated heterocycles. The van der Waals surface area contributed by atoms with Gasteiger partial charge >= 0.3 is 0 Å². The van der Waals surface area contributed by atoms with E-state index in [4.69, 9.17) is 0 Å². The van der Waals surface area contributed by atoms with Crippen LogP contribution in [0.5, 0.6) is 0 Å². The number of aryl methyl sites for hydroxylation is 3. The summed E-state index contributed by atoms with van der Waals surface area (Å²) in [5.74, 6) is 0. The van der Waals surface area contributed by atoms with Crippen molar-refractivity contribution in [2.75, 3.05) is 6.54 Å². The molecule has 1 N–H and O–H groups in total. The van der Waals surface area contributed by atoms with Gasteiger partial charge in [-0.2, -0.15) is 0 Å². The van der Waals surface area contributed by atoms with Crippen LogP contribution in [0.15, 0.2) is 12.1 Å². The Balaban J connectivity index is 2.27. The van der Waals surface area contributed by atoms with Crippen molar-refractivity contribution < 1.29 is 0 Å². The van der Waals surface area contributed by atoms with Crippen molar-refractivity contribution in [3.05, 3.63) is 34.4 Å². The monoisotopic (exact) mass is 247 g/mol. The second-order valence-electron chi connectivity index (χ2n) is 5.47. The minimum absolute atomic E-state index is 1.02. The lowest BCUT2D eigenvalue weighted by atomic mass is 10.00. The quantitative estimate of drug-likeness (QED) is 0.658. The number of nitrogens with one attached hydrogen (secondary N) is 1. The molecule has 0 unspecified atom stereocenters. The number of benzene rings is 1. The zero-order chi connectivity index (χ0) is 13.4. The molecular formula is C17H29N. The van der Waals surface area contributed by atoms with Gasteiger partial charge in [0.2, 0.25) is 0 Å². The first kappa shape index (κ1) is 15.2. The molecule has 0 fully saturated rings. The van der Waals surface area contributed by atoms with E-state index < -0.39 is 0 Å². The Labute approximate surface area is 113 Å². The minimum Gasteiger partial charge on any atom is -0.313 e. The first-order chi connectivity index (χ1) is 8.65. The van der Waals surface area contributed by atoms with Gasteiger partial charge < -0.3 is 5.32 Å². The van der Waals surface area contributed by atoms with Crippen LogP contribution in [0.2, 0.25) is 0 Å². The van der Waals surface area contributed by atoms with Gasteiger partial charge in [0.1, 0.15) is 0 Å². The molecule has 18 heavy (non-hydrogen) atoms. The van der Waals surface area contributed by atoms with E-state index in [1.165, 1.54) is 54.4 Å². The number of unbranched alkanes of at least 4 members (excludes halogenated alkanes) is 4. The molecule has 0 aliphatic heterocycles. The summed E-state index contributed by atoms with van der Waals surface area (Å²) in [7, 11) is 0. The van der Waals surface area contributed by atoms with E-state index in [1.807, 2.05) is 0 Å². The van der Waals surface area contributed by atoms with Crippen molar-refractivity contribution >= 4 is 0 Å². The summed E-state index contributed by atoms with van der Waals surface area (Å²) < 4.78 is 0. The van der Waals surface area contributed by atoms with Crippen molar-refractivity contribution in [1.29, 1.82) is 0 Å². The summed E-state index contributed by atoms with van der Waals surface area (Å²) >= 11 is 0. The fourth-order valence-electron chi connectivity index (χ4n) is 2.56. The molecule has 1 aromatic carbocycles. The first-order valence-electron chi connectivity index (χ1n) is 7.42. The van der Waals surface area contributed by atoms with Crippen LogP contribution in [-0.4, -0.2) is 6.54 Å². The van der Waals surface area contributed by atoms with Crippen molar-refractivity contribution in [1.82, 2.24) is 5.32 Å². The average molecular weight is 247 g/mol. The normalized spacial score (nSPS) is 10.9. The zero-order valence-electron chi connectivity index (χ0n) is 12.6. The summed E-state index contributed by atoms with van der Waals surface area (Å²) in [6, 6.07) is 4.57. The molecule has 0 saturated carbocycles. The zero-order valence-corrected chi connectivity index (χ0v) is 12.6. The fourth-order valence-corrected chi connectivity index (χ4v) is 2.56. The van der Waals surface area contributed by atoms with Crippen LogP contribution < -0.4 is 5.32 Å². The topological polar surface area (TPSA) is 12.0 Å². The Bertz CT molecular complexity index is 332. The maximum Gasteiger partial charge on any atom is 0.0210 e. The van der Waals surface area contributed by atoms with Crippen LogP contribution in [0.1, 0.15) is 61.3 Å². The highest BCUT2D eigenvalue weighted by Crippen LogP contribution is 2.16. The van der Waals surface area contributed by atoms with E-state index in [-0.39, 0.29) is 0 Å². The lowest BCUT2D eigenvalue weighted by molar-refractivity contribution is 0.582. The summed E-state index contributed by atoms with van der Waals surface area (Å²) in [4.78, 5) is 0. The highest BCUT2D eigenvalue weighted by atomic mass is 14.8. The number of hydrogen-bond acceptors (Lipinski definition) is 1. The molecule has 0 atom stereocenters. The SMILES string of the molecule is CCCCCCCNCc1c(C)cc(C)cc1C. The van der Waals surface area contributed by atoms with Gasteiger partial charge in [0.15, 0.2) is 0 Å². The predicted octanol–water partition coefficient (Wildman–Crippen LogP) is 4.67. The van der Waals surface area contributed by atoms with E-state index in [9.17, 15) is 0 Å². The molecule has 1 heteroatoms. The van der Waals surface area contributed by atoms with Crippen molar-refractivity contribution in [3.8, 4) is 0 Å². The Morgan fingerprint density at radius 1 is 0.889 bits per heavy atom. The predicted molar refractivity (Wildman–Crippen MR) is 81.1 cm³/mol. The van der Waals surface area contributed by atoms with Crippen molar-refractivity contribution in [3.63, 3.8) is 0 Å². The third kappa shape index (κ3) is 5.22. The molecule has 102 valence electrons. The molecule has 0 bridgehead atoms. The third-order valence-electron chi connectivity index (χ3n) is 3.60. The highest BCUT2D eigenvalue weighted by molar-refractivity contribution is 5.37. The lowest BCUT2D eigenvalue weighted by Gasteiger charge is -2.12. The van der Waals surface area contributed by atoms with E-state index in [0.717, 1.165) is 13.1 Å². The Morgan fingerprint density at radius 2 is 1.50 bits per heavy atom. The molecule has 1 rings (SSSR count). The van der Waals surface area contributed by atoms with Gasteiger partial charge in [-0.1, -0.05) is 50.3 Å². The maximum atomic E-state index is 3.58. The fraction of sp³-hybridized carbons (Fsp3) is 0.647. The number of rotatable bonds is 8. The van der Waals surface area contributed by atoms with Crippen LogP contribution in [0.25, 0.3) is 0 Å². The van der Waals surface area contributed by atoms with Gasteiger partial charge in [0.05, 0.1) is 0 Å².